The van der Waals surface area contributed by atoms with E-state index in [9.17, 15) is 4.79 Å². The lowest BCUT2D eigenvalue weighted by Gasteiger charge is -1.95. The molecule has 2 heteroatoms. The molecule has 0 saturated heterocycles. The van der Waals surface area contributed by atoms with E-state index in [1.54, 1.807) is 6.92 Å². The molecule has 0 bridgehead atoms. The minimum atomic E-state index is -0.00704. The molecule has 0 aliphatic carbocycles. The topological polar surface area (TPSA) is 43.1 Å². The fraction of sp³-hybridized carbons (Fsp3) is 0.286. The normalized spacial score (nSPS) is 12.2. The van der Waals surface area contributed by atoms with Crippen molar-refractivity contribution in [1.82, 2.24) is 0 Å². The maximum Gasteiger partial charge on any atom is 0.157 e. The van der Waals surface area contributed by atoms with Crippen molar-refractivity contribution >= 4 is 5.78 Å². The van der Waals surface area contributed by atoms with Crippen molar-refractivity contribution in [3.05, 3.63) is 23.9 Å². The summed E-state index contributed by atoms with van der Waals surface area (Å²) in [6.45, 7) is 6.59. The van der Waals surface area contributed by atoms with Gasteiger partial charge in [-0.2, -0.15) is 0 Å². The highest BCUT2D eigenvalue weighted by Gasteiger charge is 1.97. The standard InChI is InChI=1S/C7H11NO/c1-4-7(8)5(2)6(3)9/h4H,1,8H2,2-3H3. The van der Waals surface area contributed by atoms with Crippen LogP contribution in [0.2, 0.25) is 0 Å². The Kier molecular flexibility index (Phi) is 2.71. The van der Waals surface area contributed by atoms with E-state index in [1.807, 2.05) is 0 Å². The van der Waals surface area contributed by atoms with Gasteiger partial charge in [0.1, 0.15) is 0 Å². The van der Waals surface area contributed by atoms with Crippen LogP contribution < -0.4 is 5.73 Å². The van der Waals surface area contributed by atoms with Crippen LogP contribution in [0, 0.1) is 0 Å². The van der Waals surface area contributed by atoms with E-state index in [1.165, 1.54) is 13.0 Å². The third-order valence-corrected chi connectivity index (χ3v) is 1.18. The molecule has 0 atom stereocenters. The van der Waals surface area contributed by atoms with Crippen molar-refractivity contribution in [3.8, 4) is 0 Å². The molecule has 0 fully saturated rings. The predicted molar refractivity (Wildman–Crippen MR) is 37.8 cm³/mol. The van der Waals surface area contributed by atoms with Crippen LogP contribution in [0.25, 0.3) is 0 Å². The van der Waals surface area contributed by atoms with Gasteiger partial charge in [0.25, 0.3) is 0 Å². The SMILES string of the molecule is C=CC(N)=C(C)C(C)=O. The van der Waals surface area contributed by atoms with Crippen molar-refractivity contribution in [2.75, 3.05) is 0 Å². The third-order valence-electron chi connectivity index (χ3n) is 1.18. The van der Waals surface area contributed by atoms with Gasteiger partial charge in [0.2, 0.25) is 0 Å². The smallest absolute Gasteiger partial charge is 0.157 e. The second kappa shape index (κ2) is 3.07. The first-order valence-corrected chi connectivity index (χ1v) is 2.69. The van der Waals surface area contributed by atoms with Crippen LogP contribution in [0.3, 0.4) is 0 Å². The van der Waals surface area contributed by atoms with E-state index in [-0.39, 0.29) is 5.78 Å². The first kappa shape index (κ1) is 7.95. The number of Topliss-reactive ketones (excluding diaryl/α,β-unsaturated/α-hetero) is 1. The minimum absolute atomic E-state index is 0.00704. The van der Waals surface area contributed by atoms with Gasteiger partial charge in [-0.05, 0) is 19.9 Å². The summed E-state index contributed by atoms with van der Waals surface area (Å²) in [6, 6.07) is 0. The molecule has 2 nitrogen and oxygen atoms in total. The molecule has 0 aliphatic rings. The van der Waals surface area contributed by atoms with Crippen molar-refractivity contribution < 1.29 is 4.79 Å². The summed E-state index contributed by atoms with van der Waals surface area (Å²) in [4.78, 5) is 10.6. The average Bonchev–Trinajstić information content (AvgIpc) is 1.84. The number of hydrogen-bond donors (Lipinski definition) is 1. The lowest BCUT2D eigenvalue weighted by molar-refractivity contribution is -0.113. The van der Waals surface area contributed by atoms with Crippen molar-refractivity contribution in [3.63, 3.8) is 0 Å². The van der Waals surface area contributed by atoms with E-state index >= 15 is 0 Å². The number of ketones is 1. The fourth-order valence-electron chi connectivity index (χ4n) is 0.356. The zero-order chi connectivity index (χ0) is 7.44. The zero-order valence-electron chi connectivity index (χ0n) is 5.77. The second-order valence-corrected chi connectivity index (χ2v) is 1.84. The first-order valence-electron chi connectivity index (χ1n) is 2.69. The first-order chi connectivity index (χ1) is 4.09. The number of hydrogen-bond acceptors (Lipinski definition) is 2. The van der Waals surface area contributed by atoms with Crippen LogP contribution in [0.4, 0.5) is 0 Å². The number of rotatable bonds is 2. The Morgan fingerprint density at radius 3 is 2.11 bits per heavy atom. The molecule has 0 aliphatic heterocycles. The fourth-order valence-corrected chi connectivity index (χ4v) is 0.356. The molecule has 0 amide bonds. The van der Waals surface area contributed by atoms with E-state index in [0.29, 0.717) is 11.3 Å². The van der Waals surface area contributed by atoms with Crippen molar-refractivity contribution in [2.45, 2.75) is 13.8 Å². The Bertz CT molecular complexity index is 168. The summed E-state index contributed by atoms with van der Waals surface area (Å²) in [7, 11) is 0. The maximum atomic E-state index is 10.6. The van der Waals surface area contributed by atoms with Crippen LogP contribution in [0.5, 0.6) is 0 Å². The minimum Gasteiger partial charge on any atom is -0.398 e. The number of carbonyl (C=O) groups is 1. The molecule has 0 aromatic heterocycles. The van der Waals surface area contributed by atoms with E-state index < -0.39 is 0 Å². The summed E-state index contributed by atoms with van der Waals surface area (Å²) in [5, 5.41) is 0. The molecule has 0 rings (SSSR count). The van der Waals surface area contributed by atoms with Gasteiger partial charge in [-0.1, -0.05) is 6.58 Å². The molecule has 50 valence electrons. The zero-order valence-corrected chi connectivity index (χ0v) is 5.77. The molecule has 0 radical (unpaired) electrons. The number of allylic oxidation sites excluding steroid dienone is 2. The largest absolute Gasteiger partial charge is 0.398 e. The molecule has 0 saturated carbocycles. The van der Waals surface area contributed by atoms with Crippen LogP contribution >= 0.6 is 0 Å². The van der Waals surface area contributed by atoms with Crippen LogP contribution in [-0.4, -0.2) is 5.78 Å². The van der Waals surface area contributed by atoms with E-state index in [2.05, 4.69) is 6.58 Å². The quantitative estimate of drug-likeness (QED) is 0.442. The van der Waals surface area contributed by atoms with Crippen LogP contribution in [-0.2, 0) is 4.79 Å². The highest BCUT2D eigenvalue weighted by Crippen LogP contribution is 1.98. The Morgan fingerprint density at radius 2 is 2.00 bits per heavy atom. The lowest BCUT2D eigenvalue weighted by atomic mass is 10.2. The Morgan fingerprint density at radius 1 is 1.56 bits per heavy atom. The van der Waals surface area contributed by atoms with Gasteiger partial charge in [-0.25, -0.2) is 0 Å². The Hall–Kier alpha value is -1.05. The van der Waals surface area contributed by atoms with Gasteiger partial charge in [0.15, 0.2) is 5.78 Å². The maximum absolute atomic E-state index is 10.6. The molecule has 9 heavy (non-hydrogen) atoms. The molecule has 0 heterocycles. The Balaban J connectivity index is 4.47. The van der Waals surface area contributed by atoms with Gasteiger partial charge in [0.05, 0.1) is 0 Å². The van der Waals surface area contributed by atoms with Gasteiger partial charge in [0, 0.05) is 11.3 Å². The average molecular weight is 125 g/mol. The molecule has 0 aromatic rings. The van der Waals surface area contributed by atoms with Crippen LogP contribution in [0.15, 0.2) is 23.9 Å². The number of carbonyl (C=O) groups excluding carboxylic acids is 1. The summed E-state index contributed by atoms with van der Waals surface area (Å²) in [5.74, 6) is -0.00704. The highest BCUT2D eigenvalue weighted by molar-refractivity contribution is 5.93. The van der Waals surface area contributed by atoms with Crippen LogP contribution in [0.1, 0.15) is 13.8 Å². The summed E-state index contributed by atoms with van der Waals surface area (Å²) in [6.07, 6.45) is 1.47. The van der Waals surface area contributed by atoms with Crippen molar-refractivity contribution in [1.29, 1.82) is 0 Å². The molecular weight excluding hydrogens is 114 g/mol. The van der Waals surface area contributed by atoms with Gasteiger partial charge >= 0.3 is 0 Å². The molecule has 0 aromatic carbocycles. The van der Waals surface area contributed by atoms with Gasteiger partial charge < -0.3 is 5.73 Å². The molecule has 0 spiro atoms. The third kappa shape index (κ3) is 2.13. The summed E-state index contributed by atoms with van der Waals surface area (Å²) in [5.41, 5.74) is 6.39. The van der Waals surface area contributed by atoms with E-state index in [0.717, 1.165) is 0 Å². The molecule has 2 N–H and O–H groups in total. The predicted octanol–water partition coefficient (Wildman–Crippen LogP) is 0.994. The molecular formula is C7H11NO. The number of nitrogens with two attached hydrogens (primary N) is 1. The highest BCUT2D eigenvalue weighted by atomic mass is 16.1. The lowest BCUT2D eigenvalue weighted by Crippen LogP contribution is -2.02. The van der Waals surface area contributed by atoms with Crippen molar-refractivity contribution in [2.24, 2.45) is 5.73 Å². The summed E-state index contributed by atoms with van der Waals surface area (Å²) < 4.78 is 0. The van der Waals surface area contributed by atoms with Gasteiger partial charge in [-0.3, -0.25) is 4.79 Å². The van der Waals surface area contributed by atoms with Gasteiger partial charge in [-0.15, -0.1) is 0 Å². The second-order valence-electron chi connectivity index (χ2n) is 1.84. The molecule has 0 unspecified atom stereocenters. The monoisotopic (exact) mass is 125 g/mol. The Labute approximate surface area is 55.1 Å². The summed E-state index contributed by atoms with van der Waals surface area (Å²) >= 11 is 0. The van der Waals surface area contributed by atoms with E-state index in [4.69, 9.17) is 5.73 Å².